The lowest BCUT2D eigenvalue weighted by Crippen LogP contribution is -2.35. The minimum atomic E-state index is 0.184. The number of hydrogen-bond donors (Lipinski definition) is 0. The van der Waals surface area contributed by atoms with E-state index >= 15 is 0 Å². The van der Waals surface area contributed by atoms with Crippen molar-refractivity contribution in [2.45, 2.75) is 31.7 Å². The molecule has 0 bridgehead atoms. The van der Waals surface area contributed by atoms with Gasteiger partial charge in [-0.1, -0.05) is 15.9 Å². The summed E-state index contributed by atoms with van der Waals surface area (Å²) in [4.78, 5) is 14.7. The Balaban J connectivity index is 1.81. The Labute approximate surface area is 124 Å². The third-order valence-electron chi connectivity index (χ3n) is 3.56. The average Bonchev–Trinajstić information content (AvgIpc) is 3.18. The van der Waals surface area contributed by atoms with Crippen LogP contribution >= 0.6 is 31.9 Å². The number of nitrogens with zero attached hydrogens (tertiary/aromatic N) is 1. The van der Waals surface area contributed by atoms with Gasteiger partial charge in [-0.15, -0.1) is 0 Å². The van der Waals surface area contributed by atoms with Crippen molar-refractivity contribution in [2.75, 3.05) is 6.54 Å². The number of hydrogen-bond acceptors (Lipinski definition) is 1. The van der Waals surface area contributed by atoms with Crippen molar-refractivity contribution in [1.82, 2.24) is 4.90 Å². The molecule has 0 aromatic heterocycles. The molecule has 0 heterocycles. The molecule has 1 aromatic carbocycles. The second kappa shape index (κ2) is 4.97. The molecule has 2 aliphatic carbocycles. The molecular formula is C14H15Br2NO. The van der Waals surface area contributed by atoms with Gasteiger partial charge >= 0.3 is 0 Å². The summed E-state index contributed by atoms with van der Waals surface area (Å²) in [7, 11) is 0. The molecule has 4 heteroatoms. The zero-order valence-corrected chi connectivity index (χ0v) is 13.2. The summed E-state index contributed by atoms with van der Waals surface area (Å²) in [5.41, 5.74) is 0.783. The lowest BCUT2D eigenvalue weighted by atomic mass is 10.2. The zero-order chi connectivity index (χ0) is 12.7. The van der Waals surface area contributed by atoms with Gasteiger partial charge in [-0.05, 0) is 65.7 Å². The molecule has 0 radical (unpaired) electrons. The molecule has 2 saturated carbocycles. The monoisotopic (exact) mass is 371 g/mol. The topological polar surface area (TPSA) is 20.3 Å². The van der Waals surface area contributed by atoms with Crippen LogP contribution in [-0.2, 0) is 0 Å². The second-order valence-electron chi connectivity index (χ2n) is 5.26. The molecule has 18 heavy (non-hydrogen) atoms. The van der Waals surface area contributed by atoms with E-state index in [1.54, 1.807) is 0 Å². The van der Waals surface area contributed by atoms with Crippen molar-refractivity contribution in [3.05, 3.63) is 32.7 Å². The summed E-state index contributed by atoms with van der Waals surface area (Å²) in [6.07, 6.45) is 4.93. The quantitative estimate of drug-likeness (QED) is 0.774. The van der Waals surface area contributed by atoms with Gasteiger partial charge in [0.25, 0.3) is 5.91 Å². The van der Waals surface area contributed by atoms with E-state index in [2.05, 4.69) is 36.8 Å². The Hall–Kier alpha value is -0.350. The Kier molecular flexibility index (Phi) is 3.50. The molecule has 2 aliphatic rings. The third-order valence-corrected chi connectivity index (χ3v) is 4.71. The number of carbonyl (C=O) groups excluding carboxylic acids is 1. The number of halogens is 2. The van der Waals surface area contributed by atoms with Gasteiger partial charge in [0, 0.05) is 21.5 Å². The van der Waals surface area contributed by atoms with Gasteiger partial charge in [-0.2, -0.15) is 0 Å². The maximum atomic E-state index is 12.6. The van der Waals surface area contributed by atoms with Crippen molar-refractivity contribution < 1.29 is 4.79 Å². The van der Waals surface area contributed by atoms with Gasteiger partial charge in [0.2, 0.25) is 0 Å². The van der Waals surface area contributed by atoms with E-state index in [0.717, 1.165) is 27.0 Å². The van der Waals surface area contributed by atoms with Crippen LogP contribution in [0.3, 0.4) is 0 Å². The maximum absolute atomic E-state index is 12.6. The summed E-state index contributed by atoms with van der Waals surface area (Å²) in [6.45, 7) is 0.950. The minimum Gasteiger partial charge on any atom is -0.335 e. The molecule has 0 atom stereocenters. The molecule has 3 rings (SSSR count). The fourth-order valence-corrected chi connectivity index (χ4v) is 3.40. The lowest BCUT2D eigenvalue weighted by molar-refractivity contribution is 0.0734. The van der Waals surface area contributed by atoms with E-state index in [9.17, 15) is 4.79 Å². The fourth-order valence-electron chi connectivity index (χ4n) is 2.18. The standard InChI is InChI=1S/C14H15Br2NO/c15-10-3-6-12(13(16)7-10)14(18)17(11-4-5-11)8-9-1-2-9/h3,6-7,9,11H,1-2,4-5,8H2. The average molecular weight is 373 g/mol. The number of amides is 1. The van der Waals surface area contributed by atoms with Crippen LogP contribution in [0, 0.1) is 5.92 Å². The van der Waals surface area contributed by atoms with Crippen LogP contribution in [0.25, 0.3) is 0 Å². The first-order valence-electron chi connectivity index (χ1n) is 6.41. The first kappa shape index (κ1) is 12.7. The van der Waals surface area contributed by atoms with Gasteiger partial charge in [0.05, 0.1) is 5.56 Å². The van der Waals surface area contributed by atoms with Crippen molar-refractivity contribution >= 4 is 37.8 Å². The number of rotatable bonds is 4. The van der Waals surface area contributed by atoms with E-state index in [-0.39, 0.29) is 5.91 Å². The predicted molar refractivity (Wildman–Crippen MR) is 78.6 cm³/mol. The van der Waals surface area contributed by atoms with E-state index in [4.69, 9.17) is 0 Å². The lowest BCUT2D eigenvalue weighted by Gasteiger charge is -2.23. The van der Waals surface area contributed by atoms with E-state index in [0.29, 0.717) is 6.04 Å². The summed E-state index contributed by atoms with van der Waals surface area (Å²) >= 11 is 6.91. The molecular weight excluding hydrogens is 358 g/mol. The molecule has 1 amide bonds. The van der Waals surface area contributed by atoms with Crippen LogP contribution in [0.4, 0.5) is 0 Å². The van der Waals surface area contributed by atoms with Crippen molar-refractivity contribution in [3.63, 3.8) is 0 Å². The molecule has 96 valence electrons. The van der Waals surface area contributed by atoms with Crippen molar-refractivity contribution in [1.29, 1.82) is 0 Å². The van der Waals surface area contributed by atoms with Gasteiger partial charge < -0.3 is 4.90 Å². The van der Waals surface area contributed by atoms with E-state index in [1.165, 1.54) is 25.7 Å². The molecule has 2 nitrogen and oxygen atoms in total. The van der Waals surface area contributed by atoms with E-state index < -0.39 is 0 Å². The number of carbonyl (C=O) groups is 1. The number of benzene rings is 1. The Bertz CT molecular complexity index is 481. The highest BCUT2D eigenvalue weighted by atomic mass is 79.9. The van der Waals surface area contributed by atoms with Crippen LogP contribution in [0.1, 0.15) is 36.0 Å². The second-order valence-corrected chi connectivity index (χ2v) is 7.03. The fraction of sp³-hybridized carbons (Fsp3) is 0.500. The molecule has 0 unspecified atom stereocenters. The highest BCUT2D eigenvalue weighted by Crippen LogP contribution is 2.36. The van der Waals surface area contributed by atoms with Crippen LogP contribution in [0.2, 0.25) is 0 Å². The first-order valence-corrected chi connectivity index (χ1v) is 8.00. The summed E-state index contributed by atoms with van der Waals surface area (Å²) < 4.78 is 1.87. The molecule has 0 aliphatic heterocycles. The molecule has 0 saturated heterocycles. The minimum absolute atomic E-state index is 0.184. The normalized spacial score (nSPS) is 18.8. The van der Waals surface area contributed by atoms with Gasteiger partial charge in [0.1, 0.15) is 0 Å². The SMILES string of the molecule is O=C(c1ccc(Br)cc1Br)N(CC1CC1)C1CC1. The Morgan fingerprint density at radius 1 is 1.22 bits per heavy atom. The van der Waals surface area contributed by atoms with Crippen molar-refractivity contribution in [2.24, 2.45) is 5.92 Å². The Morgan fingerprint density at radius 3 is 2.50 bits per heavy atom. The van der Waals surface area contributed by atoms with Crippen LogP contribution < -0.4 is 0 Å². The van der Waals surface area contributed by atoms with Crippen molar-refractivity contribution in [3.8, 4) is 0 Å². The van der Waals surface area contributed by atoms with E-state index in [1.807, 2.05) is 18.2 Å². The Morgan fingerprint density at radius 2 is 1.94 bits per heavy atom. The molecule has 2 fully saturated rings. The van der Waals surface area contributed by atoms with Crippen LogP contribution in [0.15, 0.2) is 27.1 Å². The van der Waals surface area contributed by atoms with Crippen LogP contribution in [0.5, 0.6) is 0 Å². The highest BCUT2D eigenvalue weighted by molar-refractivity contribution is 9.11. The summed E-state index contributed by atoms with van der Waals surface area (Å²) in [5, 5.41) is 0. The summed E-state index contributed by atoms with van der Waals surface area (Å²) in [5.74, 6) is 0.938. The van der Waals surface area contributed by atoms with Gasteiger partial charge in [0.15, 0.2) is 0 Å². The predicted octanol–water partition coefficient (Wildman–Crippen LogP) is 4.23. The zero-order valence-electron chi connectivity index (χ0n) is 10.0. The largest absolute Gasteiger partial charge is 0.335 e. The molecule has 0 N–H and O–H groups in total. The smallest absolute Gasteiger partial charge is 0.255 e. The summed E-state index contributed by atoms with van der Waals surface area (Å²) in [6, 6.07) is 6.27. The third kappa shape index (κ3) is 2.80. The van der Waals surface area contributed by atoms with Gasteiger partial charge in [-0.25, -0.2) is 0 Å². The van der Waals surface area contributed by atoms with Gasteiger partial charge in [-0.3, -0.25) is 4.79 Å². The molecule has 0 spiro atoms. The molecule has 1 aromatic rings. The highest BCUT2D eigenvalue weighted by Gasteiger charge is 2.37. The van der Waals surface area contributed by atoms with Crippen LogP contribution in [-0.4, -0.2) is 23.4 Å². The first-order chi connectivity index (χ1) is 8.65. The maximum Gasteiger partial charge on any atom is 0.255 e.